The third-order valence-corrected chi connectivity index (χ3v) is 7.34. The normalized spacial score (nSPS) is 39.6. The van der Waals surface area contributed by atoms with Crippen molar-refractivity contribution in [1.29, 1.82) is 0 Å². The van der Waals surface area contributed by atoms with E-state index < -0.39 is 43.3 Å². The molecule has 178 valence electrons. The van der Waals surface area contributed by atoms with E-state index in [0.29, 0.717) is 24.0 Å². The van der Waals surface area contributed by atoms with E-state index >= 15 is 0 Å². The predicted molar refractivity (Wildman–Crippen MR) is 110 cm³/mol. The van der Waals surface area contributed by atoms with Gasteiger partial charge < -0.3 is 34.6 Å². The molecule has 9 heteroatoms. The Morgan fingerprint density at radius 3 is 2.66 bits per heavy atom. The fourth-order valence-electron chi connectivity index (χ4n) is 5.62. The molecule has 0 aromatic rings. The number of ether oxygens (including phenoxy) is 3. The van der Waals surface area contributed by atoms with Crippen LogP contribution in [0.25, 0.3) is 0 Å². The van der Waals surface area contributed by atoms with Gasteiger partial charge in [0.2, 0.25) is 6.29 Å². The summed E-state index contributed by atoms with van der Waals surface area (Å²) in [6.45, 7) is -0.211. The number of hydrogen-bond acceptors (Lipinski definition) is 9. The number of aliphatic hydroxyl groups excluding tert-OH is 4. The van der Waals surface area contributed by atoms with Crippen molar-refractivity contribution in [3.63, 3.8) is 0 Å². The molecule has 9 nitrogen and oxygen atoms in total. The molecule has 4 rings (SSSR count). The van der Waals surface area contributed by atoms with Crippen molar-refractivity contribution in [3.05, 3.63) is 23.3 Å². The highest BCUT2D eigenvalue weighted by Crippen LogP contribution is 2.46. The van der Waals surface area contributed by atoms with Crippen LogP contribution in [-0.2, 0) is 23.8 Å². The Balaban J connectivity index is 1.39. The number of esters is 2. The Hall–Kier alpha value is -1.78. The lowest BCUT2D eigenvalue weighted by molar-refractivity contribution is -0.291. The van der Waals surface area contributed by atoms with Gasteiger partial charge in [0, 0.05) is 11.6 Å². The maximum Gasteiger partial charge on any atom is 0.336 e. The Labute approximate surface area is 186 Å². The van der Waals surface area contributed by atoms with E-state index in [-0.39, 0.29) is 11.9 Å². The van der Waals surface area contributed by atoms with Crippen molar-refractivity contribution in [3.8, 4) is 0 Å². The van der Waals surface area contributed by atoms with E-state index in [0.717, 1.165) is 50.5 Å². The molecule has 32 heavy (non-hydrogen) atoms. The molecule has 4 aliphatic rings. The van der Waals surface area contributed by atoms with Gasteiger partial charge in [-0.25, -0.2) is 9.59 Å². The molecular weight excluding hydrogens is 420 g/mol. The van der Waals surface area contributed by atoms with Gasteiger partial charge in [0.05, 0.1) is 6.61 Å². The topological polar surface area (TPSA) is 143 Å². The van der Waals surface area contributed by atoms with Crippen molar-refractivity contribution in [1.82, 2.24) is 0 Å². The third-order valence-electron chi connectivity index (χ3n) is 7.34. The molecular formula is C23H32O9. The number of allylic oxidation sites excluding steroid dienone is 1. The lowest BCUT2D eigenvalue weighted by atomic mass is 9.64. The molecule has 0 amide bonds. The lowest BCUT2D eigenvalue weighted by Gasteiger charge is -2.42. The van der Waals surface area contributed by atoms with Crippen LogP contribution in [0, 0.1) is 17.8 Å². The van der Waals surface area contributed by atoms with Crippen LogP contribution in [0.3, 0.4) is 0 Å². The molecule has 2 heterocycles. The van der Waals surface area contributed by atoms with Gasteiger partial charge in [-0.2, -0.15) is 0 Å². The summed E-state index contributed by atoms with van der Waals surface area (Å²) in [4.78, 5) is 24.3. The summed E-state index contributed by atoms with van der Waals surface area (Å²) in [7, 11) is 0. The molecule has 1 saturated carbocycles. The van der Waals surface area contributed by atoms with Gasteiger partial charge in [-0.15, -0.1) is 0 Å². The number of carbonyl (C=O) groups excluding carboxylic acids is 2. The SMILES string of the molecule is O=C1C=C(CC[C@H]2CCC[C@@H]3C(C(=O)O[C@@H]4O[C@H](CO)[C@@H](O)[C@H](O)[C@H]4O)=CCC[C@H]23)CO1. The predicted octanol–water partition coefficient (Wildman–Crippen LogP) is 0.346. The van der Waals surface area contributed by atoms with Crippen molar-refractivity contribution >= 4 is 11.9 Å². The molecule has 8 atom stereocenters. The van der Waals surface area contributed by atoms with Crippen molar-refractivity contribution in [2.75, 3.05) is 13.2 Å². The van der Waals surface area contributed by atoms with Gasteiger partial charge in [0.1, 0.15) is 31.0 Å². The van der Waals surface area contributed by atoms with Gasteiger partial charge in [0.15, 0.2) is 0 Å². The number of hydrogen-bond donors (Lipinski definition) is 4. The molecule has 1 saturated heterocycles. The number of carbonyl (C=O) groups is 2. The van der Waals surface area contributed by atoms with Gasteiger partial charge in [-0.05, 0) is 55.4 Å². The quantitative estimate of drug-likeness (QED) is 0.420. The second kappa shape index (κ2) is 10.0. The summed E-state index contributed by atoms with van der Waals surface area (Å²) in [6.07, 6.45) is 2.61. The van der Waals surface area contributed by atoms with Crippen molar-refractivity contribution in [2.24, 2.45) is 17.8 Å². The fourth-order valence-corrected chi connectivity index (χ4v) is 5.62. The largest absolute Gasteiger partial charge is 0.458 e. The number of rotatable bonds is 6. The number of fused-ring (bicyclic) bond motifs is 1. The Bertz CT molecular complexity index is 773. The van der Waals surface area contributed by atoms with E-state index in [1.807, 2.05) is 6.08 Å². The van der Waals surface area contributed by atoms with Crippen LogP contribution >= 0.6 is 0 Å². The maximum atomic E-state index is 13.0. The minimum Gasteiger partial charge on any atom is -0.458 e. The molecule has 0 aromatic carbocycles. The van der Waals surface area contributed by atoms with Crippen LogP contribution in [-0.4, -0.2) is 76.3 Å². The smallest absolute Gasteiger partial charge is 0.336 e. The molecule has 2 fully saturated rings. The van der Waals surface area contributed by atoms with Crippen LogP contribution in [0.15, 0.2) is 23.3 Å². The monoisotopic (exact) mass is 452 g/mol. The van der Waals surface area contributed by atoms with Crippen LogP contribution < -0.4 is 0 Å². The van der Waals surface area contributed by atoms with Crippen LogP contribution in [0.1, 0.15) is 44.9 Å². The number of aliphatic hydroxyl groups is 4. The summed E-state index contributed by atoms with van der Waals surface area (Å²) in [5.74, 6) is -0.0447. The fraction of sp³-hybridized carbons (Fsp3) is 0.739. The Morgan fingerprint density at radius 2 is 1.94 bits per heavy atom. The zero-order valence-corrected chi connectivity index (χ0v) is 18.0. The van der Waals surface area contributed by atoms with Gasteiger partial charge in [-0.1, -0.05) is 18.9 Å². The van der Waals surface area contributed by atoms with E-state index in [9.17, 15) is 30.0 Å². The third kappa shape index (κ3) is 4.77. The minimum atomic E-state index is -1.61. The average Bonchev–Trinajstić information content (AvgIpc) is 3.22. The van der Waals surface area contributed by atoms with E-state index in [1.165, 1.54) is 0 Å². The summed E-state index contributed by atoms with van der Waals surface area (Å²) in [6, 6.07) is 0. The second-order valence-electron chi connectivity index (χ2n) is 9.25. The second-order valence-corrected chi connectivity index (χ2v) is 9.25. The summed E-state index contributed by atoms with van der Waals surface area (Å²) >= 11 is 0. The first kappa shape index (κ1) is 23.4. The molecule has 0 radical (unpaired) electrons. The molecule has 0 spiro atoms. The number of cyclic esters (lactones) is 1. The first-order valence-electron chi connectivity index (χ1n) is 11.5. The molecule has 4 N–H and O–H groups in total. The highest BCUT2D eigenvalue weighted by molar-refractivity contribution is 5.89. The standard InChI is InChI=1S/C23H32O9/c24-10-17-19(26)20(27)21(28)23(31-17)32-22(29)16-6-2-4-14-13(3-1-5-15(14)16)8-7-12-9-18(25)30-11-12/h6,9,13-15,17,19-21,23-24,26-28H,1-5,7-8,10-11H2/t13-,14-,15+,17-,19-,20+,21-,23+/m1/s1. The molecule has 2 aliphatic carbocycles. The van der Waals surface area contributed by atoms with E-state index in [4.69, 9.17) is 14.2 Å². The van der Waals surface area contributed by atoms with E-state index in [1.54, 1.807) is 6.08 Å². The maximum absolute atomic E-state index is 13.0. The lowest BCUT2D eigenvalue weighted by Crippen LogP contribution is -2.59. The van der Waals surface area contributed by atoms with Crippen molar-refractivity contribution in [2.45, 2.75) is 75.7 Å². The highest BCUT2D eigenvalue weighted by atomic mass is 16.7. The first-order chi connectivity index (χ1) is 15.4. The Morgan fingerprint density at radius 1 is 1.12 bits per heavy atom. The van der Waals surface area contributed by atoms with Gasteiger partial charge >= 0.3 is 11.9 Å². The minimum absolute atomic E-state index is 0.0512. The van der Waals surface area contributed by atoms with Crippen molar-refractivity contribution < 1.29 is 44.2 Å². The van der Waals surface area contributed by atoms with Crippen LogP contribution in [0.2, 0.25) is 0 Å². The summed E-state index contributed by atoms with van der Waals surface area (Å²) < 4.78 is 15.7. The molecule has 0 unspecified atom stereocenters. The van der Waals surface area contributed by atoms with Crippen LogP contribution in [0.5, 0.6) is 0 Å². The summed E-state index contributed by atoms with van der Waals surface area (Å²) in [5.41, 5.74) is 1.59. The highest BCUT2D eigenvalue weighted by Gasteiger charge is 2.46. The van der Waals surface area contributed by atoms with E-state index in [2.05, 4.69) is 0 Å². The first-order valence-corrected chi connectivity index (χ1v) is 11.5. The van der Waals surface area contributed by atoms with Gasteiger partial charge in [-0.3, -0.25) is 0 Å². The summed E-state index contributed by atoms with van der Waals surface area (Å²) in [5, 5.41) is 39.4. The zero-order valence-electron chi connectivity index (χ0n) is 18.0. The molecule has 0 bridgehead atoms. The zero-order chi connectivity index (χ0) is 22.8. The Kier molecular flexibility index (Phi) is 7.31. The van der Waals surface area contributed by atoms with Gasteiger partial charge in [0.25, 0.3) is 0 Å². The molecule has 2 aliphatic heterocycles. The van der Waals surface area contributed by atoms with Crippen LogP contribution in [0.4, 0.5) is 0 Å². The average molecular weight is 453 g/mol. The molecule has 0 aromatic heterocycles.